The highest BCUT2D eigenvalue weighted by molar-refractivity contribution is 6.32. The van der Waals surface area contributed by atoms with E-state index >= 15 is 0 Å². The third-order valence-electron chi connectivity index (χ3n) is 2.69. The molecule has 2 aromatic rings. The van der Waals surface area contributed by atoms with Crippen LogP contribution in [-0.4, -0.2) is 6.04 Å². The Kier molecular flexibility index (Phi) is 4.86. The first-order valence-electron chi connectivity index (χ1n) is 6.13. The summed E-state index contributed by atoms with van der Waals surface area (Å²) in [7, 11) is 0. The van der Waals surface area contributed by atoms with Crippen molar-refractivity contribution in [3.8, 4) is 11.5 Å². The van der Waals surface area contributed by atoms with Crippen molar-refractivity contribution >= 4 is 23.2 Å². The standard InChI is InChI=1S/C15H14Cl2FNO/c1-9(19)7-10-5-6-13(12(17)8-10)20-14-4-2-3-11(16)15(14)18/h2-6,8-9H,7,19H2,1H3. The van der Waals surface area contributed by atoms with Gasteiger partial charge in [-0.05, 0) is 43.2 Å². The van der Waals surface area contributed by atoms with Crippen molar-refractivity contribution in [2.75, 3.05) is 0 Å². The molecule has 0 radical (unpaired) electrons. The molecular weight excluding hydrogens is 300 g/mol. The fraction of sp³-hybridized carbons (Fsp3) is 0.200. The molecule has 2 aromatic carbocycles. The molecule has 0 bridgehead atoms. The van der Waals surface area contributed by atoms with Crippen LogP contribution in [0.4, 0.5) is 4.39 Å². The number of nitrogens with two attached hydrogens (primary N) is 1. The Bertz CT molecular complexity index is 617. The van der Waals surface area contributed by atoms with E-state index < -0.39 is 5.82 Å². The van der Waals surface area contributed by atoms with E-state index in [2.05, 4.69) is 0 Å². The second kappa shape index (κ2) is 6.44. The molecule has 0 spiro atoms. The number of hydrogen-bond donors (Lipinski definition) is 1. The Hall–Kier alpha value is -1.29. The molecule has 0 aliphatic heterocycles. The van der Waals surface area contributed by atoms with E-state index in [4.69, 9.17) is 33.7 Å². The molecule has 5 heteroatoms. The van der Waals surface area contributed by atoms with Crippen LogP contribution in [0.5, 0.6) is 11.5 Å². The van der Waals surface area contributed by atoms with Crippen molar-refractivity contribution in [3.05, 3.63) is 57.8 Å². The third-order valence-corrected chi connectivity index (χ3v) is 3.28. The van der Waals surface area contributed by atoms with E-state index in [9.17, 15) is 4.39 Å². The van der Waals surface area contributed by atoms with Gasteiger partial charge in [-0.1, -0.05) is 35.3 Å². The summed E-state index contributed by atoms with van der Waals surface area (Å²) in [6.45, 7) is 1.92. The molecule has 2 nitrogen and oxygen atoms in total. The van der Waals surface area contributed by atoms with Gasteiger partial charge in [-0.3, -0.25) is 0 Å². The molecule has 0 saturated carbocycles. The normalized spacial score (nSPS) is 12.2. The zero-order valence-electron chi connectivity index (χ0n) is 10.9. The lowest BCUT2D eigenvalue weighted by atomic mass is 10.1. The fourth-order valence-corrected chi connectivity index (χ4v) is 2.21. The molecule has 1 atom stereocenters. The lowest BCUT2D eigenvalue weighted by Crippen LogP contribution is -2.17. The molecule has 0 aromatic heterocycles. The monoisotopic (exact) mass is 313 g/mol. The Balaban J connectivity index is 2.24. The number of rotatable bonds is 4. The van der Waals surface area contributed by atoms with Gasteiger partial charge in [0.05, 0.1) is 10.0 Å². The van der Waals surface area contributed by atoms with Crippen molar-refractivity contribution in [1.82, 2.24) is 0 Å². The Labute approximate surface area is 127 Å². The second-order valence-electron chi connectivity index (χ2n) is 4.60. The molecule has 20 heavy (non-hydrogen) atoms. The van der Waals surface area contributed by atoms with Crippen molar-refractivity contribution in [3.63, 3.8) is 0 Å². The first kappa shape index (κ1) is 15.1. The maximum absolute atomic E-state index is 13.8. The quantitative estimate of drug-likeness (QED) is 0.878. The van der Waals surface area contributed by atoms with Crippen LogP contribution in [0.2, 0.25) is 10.0 Å². The molecule has 0 aliphatic rings. The van der Waals surface area contributed by atoms with Gasteiger partial charge in [-0.2, -0.15) is 0 Å². The van der Waals surface area contributed by atoms with E-state index in [1.54, 1.807) is 18.2 Å². The van der Waals surface area contributed by atoms with E-state index in [0.717, 1.165) is 5.56 Å². The van der Waals surface area contributed by atoms with E-state index in [1.807, 2.05) is 13.0 Å². The van der Waals surface area contributed by atoms with Crippen LogP contribution in [0, 0.1) is 5.82 Å². The summed E-state index contributed by atoms with van der Waals surface area (Å²) in [4.78, 5) is 0. The minimum atomic E-state index is -0.607. The zero-order chi connectivity index (χ0) is 14.7. The van der Waals surface area contributed by atoms with Crippen molar-refractivity contribution < 1.29 is 9.13 Å². The Morgan fingerprint density at radius 2 is 1.90 bits per heavy atom. The summed E-state index contributed by atoms with van der Waals surface area (Å²) in [6, 6.07) is 9.92. The van der Waals surface area contributed by atoms with Crippen LogP contribution in [-0.2, 0) is 6.42 Å². The van der Waals surface area contributed by atoms with Crippen molar-refractivity contribution in [2.24, 2.45) is 5.73 Å². The van der Waals surface area contributed by atoms with Crippen LogP contribution >= 0.6 is 23.2 Å². The highest BCUT2D eigenvalue weighted by Gasteiger charge is 2.11. The molecular formula is C15H14Cl2FNO. The summed E-state index contributed by atoms with van der Waals surface area (Å²) < 4.78 is 19.2. The van der Waals surface area contributed by atoms with E-state index in [1.165, 1.54) is 12.1 Å². The van der Waals surface area contributed by atoms with Gasteiger partial charge in [-0.15, -0.1) is 0 Å². The summed E-state index contributed by atoms with van der Waals surface area (Å²) in [5.74, 6) is -0.189. The Morgan fingerprint density at radius 1 is 1.15 bits per heavy atom. The van der Waals surface area contributed by atoms with Gasteiger partial charge in [0.15, 0.2) is 11.6 Å². The maximum Gasteiger partial charge on any atom is 0.184 e. The van der Waals surface area contributed by atoms with Crippen LogP contribution < -0.4 is 10.5 Å². The van der Waals surface area contributed by atoms with Crippen LogP contribution in [0.15, 0.2) is 36.4 Å². The lowest BCUT2D eigenvalue weighted by molar-refractivity contribution is 0.442. The van der Waals surface area contributed by atoms with Gasteiger partial charge in [0.25, 0.3) is 0 Å². The third kappa shape index (κ3) is 3.63. The Morgan fingerprint density at radius 3 is 2.55 bits per heavy atom. The minimum absolute atomic E-state index is 0.00667. The van der Waals surface area contributed by atoms with Crippen LogP contribution in [0.1, 0.15) is 12.5 Å². The van der Waals surface area contributed by atoms with Gasteiger partial charge in [-0.25, -0.2) is 4.39 Å². The minimum Gasteiger partial charge on any atom is -0.453 e. The first-order valence-corrected chi connectivity index (χ1v) is 6.89. The molecule has 1 unspecified atom stereocenters. The summed E-state index contributed by atoms with van der Waals surface area (Å²) in [6.07, 6.45) is 0.714. The first-order chi connectivity index (χ1) is 9.47. The molecule has 0 fully saturated rings. The van der Waals surface area contributed by atoms with E-state index in [-0.39, 0.29) is 16.8 Å². The highest BCUT2D eigenvalue weighted by Crippen LogP contribution is 2.33. The zero-order valence-corrected chi connectivity index (χ0v) is 12.4. The SMILES string of the molecule is CC(N)Cc1ccc(Oc2cccc(Cl)c2F)c(Cl)c1. The predicted molar refractivity (Wildman–Crippen MR) is 80.3 cm³/mol. The second-order valence-corrected chi connectivity index (χ2v) is 5.41. The largest absolute Gasteiger partial charge is 0.453 e. The fourth-order valence-electron chi connectivity index (χ4n) is 1.81. The van der Waals surface area contributed by atoms with Gasteiger partial charge in [0.1, 0.15) is 5.75 Å². The smallest absolute Gasteiger partial charge is 0.184 e. The van der Waals surface area contributed by atoms with Crippen molar-refractivity contribution in [2.45, 2.75) is 19.4 Å². The number of halogens is 3. The van der Waals surface area contributed by atoms with Crippen LogP contribution in [0.25, 0.3) is 0 Å². The average Bonchev–Trinajstić information content (AvgIpc) is 2.37. The van der Waals surface area contributed by atoms with Gasteiger partial charge < -0.3 is 10.5 Å². The summed E-state index contributed by atoms with van der Waals surface area (Å²) >= 11 is 11.8. The number of benzene rings is 2. The topological polar surface area (TPSA) is 35.2 Å². The number of ether oxygens (including phenoxy) is 1. The van der Waals surface area contributed by atoms with Gasteiger partial charge in [0.2, 0.25) is 0 Å². The molecule has 0 saturated heterocycles. The molecule has 2 N–H and O–H groups in total. The van der Waals surface area contributed by atoms with Gasteiger partial charge in [0, 0.05) is 6.04 Å². The van der Waals surface area contributed by atoms with Gasteiger partial charge >= 0.3 is 0 Å². The molecule has 0 aliphatic carbocycles. The molecule has 2 rings (SSSR count). The molecule has 0 amide bonds. The highest BCUT2D eigenvalue weighted by atomic mass is 35.5. The maximum atomic E-state index is 13.8. The van der Waals surface area contributed by atoms with Crippen LogP contribution in [0.3, 0.4) is 0 Å². The lowest BCUT2D eigenvalue weighted by Gasteiger charge is -2.11. The molecule has 106 valence electrons. The summed E-state index contributed by atoms with van der Waals surface area (Å²) in [5, 5.41) is 0.412. The summed E-state index contributed by atoms with van der Waals surface area (Å²) in [5.41, 5.74) is 6.74. The predicted octanol–water partition coefficient (Wildman–Crippen LogP) is 4.81. The average molecular weight is 314 g/mol. The molecule has 0 heterocycles. The van der Waals surface area contributed by atoms with Crippen molar-refractivity contribution in [1.29, 1.82) is 0 Å². The number of hydrogen-bond acceptors (Lipinski definition) is 2. The van der Waals surface area contributed by atoms with E-state index in [0.29, 0.717) is 17.2 Å².